The third kappa shape index (κ3) is 4.67. The van der Waals surface area contributed by atoms with Gasteiger partial charge in [-0.1, -0.05) is 32.9 Å². The monoisotopic (exact) mass is 340 g/mol. The maximum absolute atomic E-state index is 12.5. The summed E-state index contributed by atoms with van der Waals surface area (Å²) in [5.41, 5.74) is 0.753. The van der Waals surface area contributed by atoms with Crippen LogP contribution in [0.4, 0.5) is 11.4 Å². The Labute approximate surface area is 145 Å². The zero-order valence-corrected chi connectivity index (χ0v) is 14.3. The van der Waals surface area contributed by atoms with Crippen LogP contribution >= 0.6 is 0 Å². The summed E-state index contributed by atoms with van der Waals surface area (Å²) in [6, 6.07) is 12.5. The highest BCUT2D eigenvalue weighted by Crippen LogP contribution is 2.21. The molecule has 6 nitrogen and oxygen atoms in total. The Morgan fingerprint density at radius 2 is 1.48 bits per heavy atom. The van der Waals surface area contributed by atoms with Crippen LogP contribution in [0.5, 0.6) is 0 Å². The Bertz CT molecular complexity index is 805. The standard InChI is InChI=1S/C19H20N2O4/c1-19(2,3)18(25)21-15-7-5-4-6-14(15)16(22)20-13-10-8-12(9-11-13)17(23)24/h4-11H,1-3H3,(H,20,22)(H,21,25)(H,23,24). The van der Waals surface area contributed by atoms with Crippen LogP contribution in [0, 0.1) is 5.41 Å². The van der Waals surface area contributed by atoms with Gasteiger partial charge in [0.2, 0.25) is 5.91 Å². The molecular weight excluding hydrogens is 320 g/mol. The number of para-hydroxylation sites is 1. The molecule has 0 saturated carbocycles. The number of hydrogen-bond acceptors (Lipinski definition) is 3. The molecule has 0 heterocycles. The summed E-state index contributed by atoms with van der Waals surface area (Å²) in [6.45, 7) is 5.36. The highest BCUT2D eigenvalue weighted by atomic mass is 16.4. The molecule has 2 amide bonds. The second-order valence-corrected chi connectivity index (χ2v) is 6.59. The molecule has 0 bridgehead atoms. The second kappa shape index (κ2) is 7.17. The lowest BCUT2D eigenvalue weighted by Crippen LogP contribution is -2.28. The van der Waals surface area contributed by atoms with Crippen LogP contribution in [0.3, 0.4) is 0 Å². The van der Waals surface area contributed by atoms with Gasteiger partial charge in [-0.15, -0.1) is 0 Å². The molecule has 0 atom stereocenters. The maximum atomic E-state index is 12.5. The first-order valence-electron chi connectivity index (χ1n) is 7.73. The van der Waals surface area contributed by atoms with Crippen molar-refractivity contribution in [3.05, 3.63) is 59.7 Å². The van der Waals surface area contributed by atoms with Crippen molar-refractivity contribution in [3.8, 4) is 0 Å². The number of anilines is 2. The van der Waals surface area contributed by atoms with Crippen molar-refractivity contribution in [3.63, 3.8) is 0 Å². The molecule has 0 saturated heterocycles. The molecule has 2 aromatic rings. The molecule has 0 aromatic heterocycles. The SMILES string of the molecule is CC(C)(C)C(=O)Nc1ccccc1C(=O)Nc1ccc(C(=O)O)cc1. The van der Waals surface area contributed by atoms with Crippen LogP contribution in [0.15, 0.2) is 48.5 Å². The Morgan fingerprint density at radius 1 is 0.880 bits per heavy atom. The number of rotatable bonds is 4. The van der Waals surface area contributed by atoms with E-state index in [0.717, 1.165) is 0 Å². The first kappa shape index (κ1) is 18.2. The number of carboxylic acids is 1. The molecule has 130 valence electrons. The minimum absolute atomic E-state index is 0.135. The predicted octanol–water partition coefficient (Wildman–Crippen LogP) is 3.62. The molecular formula is C19H20N2O4. The molecule has 0 aliphatic heterocycles. The molecule has 2 rings (SSSR count). The molecule has 0 unspecified atom stereocenters. The van der Waals surface area contributed by atoms with E-state index < -0.39 is 17.3 Å². The average Bonchev–Trinajstić information content (AvgIpc) is 2.54. The van der Waals surface area contributed by atoms with E-state index in [2.05, 4.69) is 10.6 Å². The molecule has 2 aromatic carbocycles. The summed E-state index contributed by atoms with van der Waals surface area (Å²) in [6.07, 6.45) is 0. The van der Waals surface area contributed by atoms with Crippen LogP contribution in [0.1, 0.15) is 41.5 Å². The van der Waals surface area contributed by atoms with Gasteiger partial charge >= 0.3 is 5.97 Å². The van der Waals surface area contributed by atoms with Gasteiger partial charge in [0.1, 0.15) is 0 Å². The van der Waals surface area contributed by atoms with Gasteiger partial charge in [-0.25, -0.2) is 4.79 Å². The number of hydrogen-bond donors (Lipinski definition) is 3. The molecule has 0 aliphatic carbocycles. The fourth-order valence-electron chi connectivity index (χ4n) is 1.99. The lowest BCUT2D eigenvalue weighted by atomic mass is 9.95. The normalized spacial score (nSPS) is 10.8. The van der Waals surface area contributed by atoms with Crippen molar-refractivity contribution >= 4 is 29.2 Å². The van der Waals surface area contributed by atoms with E-state index in [4.69, 9.17) is 5.11 Å². The summed E-state index contributed by atoms with van der Waals surface area (Å²) >= 11 is 0. The quantitative estimate of drug-likeness (QED) is 0.792. The first-order chi connectivity index (χ1) is 11.7. The Morgan fingerprint density at radius 3 is 2.04 bits per heavy atom. The molecule has 3 N–H and O–H groups in total. The third-order valence-electron chi connectivity index (χ3n) is 3.49. The van der Waals surface area contributed by atoms with E-state index in [9.17, 15) is 14.4 Å². The fraction of sp³-hybridized carbons (Fsp3) is 0.211. The Hall–Kier alpha value is -3.15. The van der Waals surface area contributed by atoms with Gasteiger partial charge < -0.3 is 15.7 Å². The summed E-state index contributed by atoms with van der Waals surface area (Å²) in [5, 5.41) is 14.4. The molecule has 0 fully saturated rings. The van der Waals surface area contributed by atoms with Crippen molar-refractivity contribution in [2.45, 2.75) is 20.8 Å². The van der Waals surface area contributed by atoms with Gasteiger partial charge in [-0.05, 0) is 36.4 Å². The lowest BCUT2D eigenvalue weighted by molar-refractivity contribution is -0.123. The number of carboxylic acid groups (broad SMARTS) is 1. The molecule has 25 heavy (non-hydrogen) atoms. The summed E-state index contributed by atoms with van der Waals surface area (Å²) in [7, 11) is 0. The molecule has 0 aliphatic rings. The third-order valence-corrected chi connectivity index (χ3v) is 3.49. The Balaban J connectivity index is 2.19. The van der Waals surface area contributed by atoms with Gasteiger partial charge in [0.15, 0.2) is 0 Å². The first-order valence-corrected chi connectivity index (χ1v) is 7.73. The Kier molecular flexibility index (Phi) is 5.22. The molecule has 0 radical (unpaired) electrons. The van der Waals surface area contributed by atoms with Crippen molar-refractivity contribution in [1.82, 2.24) is 0 Å². The number of aromatic carboxylic acids is 1. The van der Waals surface area contributed by atoms with Crippen LogP contribution in [0.2, 0.25) is 0 Å². The molecule has 0 spiro atoms. The number of amides is 2. The zero-order valence-electron chi connectivity index (χ0n) is 14.3. The fourth-order valence-corrected chi connectivity index (χ4v) is 1.99. The minimum atomic E-state index is -1.03. The van der Waals surface area contributed by atoms with Gasteiger partial charge in [-0.3, -0.25) is 9.59 Å². The van der Waals surface area contributed by atoms with E-state index >= 15 is 0 Å². The number of carbonyl (C=O) groups excluding carboxylic acids is 2. The van der Waals surface area contributed by atoms with Crippen molar-refractivity contribution in [2.24, 2.45) is 5.41 Å². The highest BCUT2D eigenvalue weighted by Gasteiger charge is 2.23. The topological polar surface area (TPSA) is 95.5 Å². The van der Waals surface area contributed by atoms with E-state index in [1.54, 1.807) is 45.0 Å². The summed E-state index contributed by atoms with van der Waals surface area (Å²) in [5.74, 6) is -1.63. The summed E-state index contributed by atoms with van der Waals surface area (Å²) in [4.78, 5) is 35.5. The van der Waals surface area contributed by atoms with E-state index in [1.165, 1.54) is 24.3 Å². The largest absolute Gasteiger partial charge is 0.478 e. The van der Waals surface area contributed by atoms with Crippen molar-refractivity contribution < 1.29 is 19.5 Å². The average molecular weight is 340 g/mol. The van der Waals surface area contributed by atoms with E-state index in [1.807, 2.05) is 0 Å². The van der Waals surface area contributed by atoms with Gasteiger partial charge in [0, 0.05) is 11.1 Å². The number of nitrogens with one attached hydrogen (secondary N) is 2. The smallest absolute Gasteiger partial charge is 0.335 e. The summed E-state index contributed by atoms with van der Waals surface area (Å²) < 4.78 is 0. The number of carbonyl (C=O) groups is 3. The molecule has 6 heteroatoms. The van der Waals surface area contributed by atoms with Crippen molar-refractivity contribution in [2.75, 3.05) is 10.6 Å². The minimum Gasteiger partial charge on any atom is -0.478 e. The van der Waals surface area contributed by atoms with Crippen LogP contribution in [0.25, 0.3) is 0 Å². The highest BCUT2D eigenvalue weighted by molar-refractivity contribution is 6.10. The zero-order chi connectivity index (χ0) is 18.6. The van der Waals surface area contributed by atoms with Gasteiger partial charge in [0.05, 0.1) is 16.8 Å². The van der Waals surface area contributed by atoms with Crippen LogP contribution < -0.4 is 10.6 Å². The number of benzene rings is 2. The second-order valence-electron chi connectivity index (χ2n) is 6.59. The van der Waals surface area contributed by atoms with Crippen LogP contribution in [-0.2, 0) is 4.79 Å². The maximum Gasteiger partial charge on any atom is 0.335 e. The van der Waals surface area contributed by atoms with Crippen molar-refractivity contribution in [1.29, 1.82) is 0 Å². The van der Waals surface area contributed by atoms with Gasteiger partial charge in [-0.2, -0.15) is 0 Å². The van der Waals surface area contributed by atoms with E-state index in [-0.39, 0.29) is 11.5 Å². The van der Waals surface area contributed by atoms with Crippen LogP contribution in [-0.4, -0.2) is 22.9 Å². The van der Waals surface area contributed by atoms with Gasteiger partial charge in [0.25, 0.3) is 5.91 Å². The lowest BCUT2D eigenvalue weighted by Gasteiger charge is -2.19. The predicted molar refractivity (Wildman–Crippen MR) is 95.9 cm³/mol. The van der Waals surface area contributed by atoms with E-state index in [0.29, 0.717) is 16.9 Å².